The van der Waals surface area contributed by atoms with E-state index >= 15 is 0 Å². The molecule has 25 heavy (non-hydrogen) atoms. The number of nitrogens with zero attached hydrogens (tertiary/aromatic N) is 4. The fourth-order valence-corrected chi connectivity index (χ4v) is 2.67. The number of carbonyl (C=O) groups is 1. The van der Waals surface area contributed by atoms with Crippen LogP contribution in [0.4, 0.5) is 4.39 Å². The fourth-order valence-electron chi connectivity index (χ4n) is 2.50. The van der Waals surface area contributed by atoms with Gasteiger partial charge in [0.15, 0.2) is 0 Å². The van der Waals surface area contributed by atoms with Crippen molar-refractivity contribution in [2.24, 2.45) is 0 Å². The molecule has 3 aromatic rings. The Morgan fingerprint density at radius 2 is 1.96 bits per heavy atom. The summed E-state index contributed by atoms with van der Waals surface area (Å²) in [6.45, 7) is 1.88. The van der Waals surface area contributed by atoms with E-state index in [0.717, 1.165) is 11.3 Å². The van der Waals surface area contributed by atoms with Gasteiger partial charge in [-0.1, -0.05) is 23.7 Å². The SMILES string of the molecule is C[C@@H](c1ccc(-n2cncn2)cc1)N(C)C(=O)c1cc(Cl)ccc1F. The second-order valence-electron chi connectivity index (χ2n) is 5.65. The van der Waals surface area contributed by atoms with Crippen LogP contribution in [0.2, 0.25) is 5.02 Å². The summed E-state index contributed by atoms with van der Waals surface area (Å²) in [5.41, 5.74) is 1.74. The van der Waals surface area contributed by atoms with Gasteiger partial charge >= 0.3 is 0 Å². The first-order chi connectivity index (χ1) is 12.0. The topological polar surface area (TPSA) is 51.0 Å². The van der Waals surface area contributed by atoms with Crippen molar-refractivity contribution in [1.29, 1.82) is 0 Å². The predicted octanol–water partition coefficient (Wildman–Crippen LogP) is 3.89. The maximum absolute atomic E-state index is 13.9. The average Bonchev–Trinajstić information content (AvgIpc) is 3.16. The summed E-state index contributed by atoms with van der Waals surface area (Å²) >= 11 is 5.88. The molecule has 0 radical (unpaired) electrons. The van der Waals surface area contributed by atoms with Crippen LogP contribution in [0, 0.1) is 5.82 Å². The number of amides is 1. The Hall–Kier alpha value is -2.73. The van der Waals surface area contributed by atoms with Crippen molar-refractivity contribution < 1.29 is 9.18 Å². The van der Waals surface area contributed by atoms with Crippen LogP contribution in [-0.4, -0.2) is 32.6 Å². The molecule has 0 aliphatic heterocycles. The van der Waals surface area contributed by atoms with E-state index in [1.54, 1.807) is 18.1 Å². The van der Waals surface area contributed by atoms with Gasteiger partial charge in [0.2, 0.25) is 0 Å². The molecule has 3 rings (SSSR count). The van der Waals surface area contributed by atoms with E-state index in [1.807, 2.05) is 31.2 Å². The lowest BCUT2D eigenvalue weighted by Gasteiger charge is -2.26. The first kappa shape index (κ1) is 17.1. The van der Waals surface area contributed by atoms with Crippen molar-refractivity contribution >= 4 is 17.5 Å². The third-order valence-corrected chi connectivity index (χ3v) is 4.35. The zero-order valence-electron chi connectivity index (χ0n) is 13.7. The third kappa shape index (κ3) is 3.53. The highest BCUT2D eigenvalue weighted by molar-refractivity contribution is 6.31. The largest absolute Gasteiger partial charge is 0.335 e. The van der Waals surface area contributed by atoms with Crippen LogP contribution in [0.15, 0.2) is 55.1 Å². The lowest BCUT2D eigenvalue weighted by atomic mass is 10.1. The molecule has 5 nitrogen and oxygen atoms in total. The molecule has 0 saturated carbocycles. The van der Waals surface area contributed by atoms with Crippen molar-refractivity contribution in [2.75, 3.05) is 7.05 Å². The summed E-state index contributed by atoms with van der Waals surface area (Å²) in [6, 6.07) is 11.3. The molecular weight excluding hydrogens is 343 g/mol. The Kier molecular flexibility index (Phi) is 4.81. The molecular formula is C18H16ClFN4O. The van der Waals surface area contributed by atoms with E-state index in [2.05, 4.69) is 10.1 Å². The fraction of sp³-hybridized carbons (Fsp3) is 0.167. The van der Waals surface area contributed by atoms with Gasteiger partial charge in [0, 0.05) is 12.1 Å². The Bertz CT molecular complexity index is 881. The molecule has 0 bridgehead atoms. The molecule has 7 heteroatoms. The maximum atomic E-state index is 13.9. The zero-order valence-corrected chi connectivity index (χ0v) is 14.5. The normalized spacial score (nSPS) is 12.0. The highest BCUT2D eigenvalue weighted by atomic mass is 35.5. The van der Waals surface area contributed by atoms with Gasteiger partial charge in [0.25, 0.3) is 5.91 Å². The molecule has 128 valence electrons. The second-order valence-corrected chi connectivity index (χ2v) is 6.08. The van der Waals surface area contributed by atoms with E-state index in [1.165, 1.54) is 29.4 Å². The number of benzene rings is 2. The Morgan fingerprint density at radius 3 is 2.60 bits per heavy atom. The van der Waals surface area contributed by atoms with Crippen molar-refractivity contribution in [3.05, 3.63) is 77.1 Å². The lowest BCUT2D eigenvalue weighted by Crippen LogP contribution is -2.30. The molecule has 0 fully saturated rings. The van der Waals surface area contributed by atoms with Crippen molar-refractivity contribution in [3.63, 3.8) is 0 Å². The molecule has 0 N–H and O–H groups in total. The van der Waals surface area contributed by atoms with Gasteiger partial charge in [-0.15, -0.1) is 0 Å². The molecule has 1 aromatic heterocycles. The highest BCUT2D eigenvalue weighted by Crippen LogP contribution is 2.24. The Balaban J connectivity index is 1.81. The molecule has 1 heterocycles. The second kappa shape index (κ2) is 7.03. The molecule has 2 aromatic carbocycles. The van der Waals surface area contributed by atoms with E-state index in [9.17, 15) is 9.18 Å². The minimum atomic E-state index is -0.588. The zero-order chi connectivity index (χ0) is 18.0. The van der Waals surface area contributed by atoms with Crippen LogP contribution in [0.5, 0.6) is 0 Å². The van der Waals surface area contributed by atoms with Gasteiger partial charge in [-0.25, -0.2) is 14.1 Å². The van der Waals surface area contributed by atoms with E-state index in [-0.39, 0.29) is 11.6 Å². The number of hydrogen-bond donors (Lipinski definition) is 0. The van der Waals surface area contributed by atoms with E-state index < -0.39 is 11.7 Å². The summed E-state index contributed by atoms with van der Waals surface area (Å²) < 4.78 is 15.6. The quantitative estimate of drug-likeness (QED) is 0.711. The molecule has 0 aliphatic rings. The van der Waals surface area contributed by atoms with Crippen LogP contribution < -0.4 is 0 Å². The van der Waals surface area contributed by atoms with E-state index in [0.29, 0.717) is 5.02 Å². The molecule has 1 atom stereocenters. The smallest absolute Gasteiger partial charge is 0.257 e. The van der Waals surface area contributed by atoms with Crippen molar-refractivity contribution in [1.82, 2.24) is 19.7 Å². The summed E-state index contributed by atoms with van der Waals surface area (Å²) in [5, 5.41) is 4.39. The number of aromatic nitrogens is 3. The van der Waals surface area contributed by atoms with Crippen molar-refractivity contribution in [3.8, 4) is 5.69 Å². The van der Waals surface area contributed by atoms with Gasteiger partial charge in [0.05, 0.1) is 17.3 Å². The maximum Gasteiger partial charge on any atom is 0.257 e. The van der Waals surface area contributed by atoms with Gasteiger partial charge < -0.3 is 4.90 Å². The number of hydrogen-bond acceptors (Lipinski definition) is 3. The Labute approximate surface area is 149 Å². The van der Waals surface area contributed by atoms with Gasteiger partial charge in [0.1, 0.15) is 18.5 Å². The van der Waals surface area contributed by atoms with Crippen LogP contribution in [0.1, 0.15) is 28.9 Å². The molecule has 0 saturated heterocycles. The molecule has 0 aliphatic carbocycles. The van der Waals surface area contributed by atoms with E-state index in [4.69, 9.17) is 11.6 Å². The molecule has 0 spiro atoms. The third-order valence-electron chi connectivity index (χ3n) is 4.12. The summed E-state index contributed by atoms with van der Waals surface area (Å²) in [6.07, 6.45) is 3.07. The van der Waals surface area contributed by atoms with Crippen LogP contribution in [-0.2, 0) is 0 Å². The predicted molar refractivity (Wildman–Crippen MR) is 93.3 cm³/mol. The summed E-state index contributed by atoms with van der Waals surface area (Å²) in [4.78, 5) is 18.0. The lowest BCUT2D eigenvalue weighted by molar-refractivity contribution is 0.0738. The monoisotopic (exact) mass is 358 g/mol. The Morgan fingerprint density at radius 1 is 1.24 bits per heavy atom. The minimum Gasteiger partial charge on any atom is -0.335 e. The average molecular weight is 359 g/mol. The summed E-state index contributed by atoms with van der Waals surface area (Å²) in [7, 11) is 1.64. The standard InChI is InChI=1S/C18H16ClFN4O/c1-12(13-3-6-15(7-4-13)24-11-21-10-22-24)23(2)18(25)16-9-14(19)5-8-17(16)20/h3-12H,1-2H3/t12-/m0/s1. The molecule has 0 unspecified atom stereocenters. The van der Waals surface area contributed by atoms with Crippen LogP contribution >= 0.6 is 11.6 Å². The number of carbonyl (C=O) groups excluding carboxylic acids is 1. The van der Waals surface area contributed by atoms with Crippen LogP contribution in [0.3, 0.4) is 0 Å². The highest BCUT2D eigenvalue weighted by Gasteiger charge is 2.22. The first-order valence-corrected chi connectivity index (χ1v) is 8.02. The number of halogens is 2. The van der Waals surface area contributed by atoms with Gasteiger partial charge in [-0.2, -0.15) is 5.10 Å². The minimum absolute atomic E-state index is 0.0407. The van der Waals surface area contributed by atoms with Gasteiger partial charge in [-0.05, 0) is 42.8 Å². The summed E-state index contributed by atoms with van der Waals surface area (Å²) in [5.74, 6) is -1.01. The first-order valence-electron chi connectivity index (χ1n) is 7.64. The van der Waals surface area contributed by atoms with Gasteiger partial charge in [-0.3, -0.25) is 4.79 Å². The van der Waals surface area contributed by atoms with Crippen molar-refractivity contribution in [2.45, 2.75) is 13.0 Å². The van der Waals surface area contributed by atoms with Crippen LogP contribution in [0.25, 0.3) is 5.69 Å². The molecule has 1 amide bonds. The number of rotatable bonds is 4.